The van der Waals surface area contributed by atoms with Gasteiger partial charge < -0.3 is 5.32 Å². The van der Waals surface area contributed by atoms with Crippen LogP contribution in [0.4, 0.5) is 5.82 Å². The predicted octanol–water partition coefficient (Wildman–Crippen LogP) is 3.84. The van der Waals surface area contributed by atoms with Gasteiger partial charge in [0.1, 0.15) is 11.5 Å². The Hall–Kier alpha value is -1.24. The molecule has 1 N–H and O–H groups in total. The standard InChI is InChI=1S/C15H19IN4/c1-4-6-11-13(16)15(17-5-2)20-14(19-11)12-9-10(3)7-8-18-12/h7-9H,4-6H2,1-3H3,(H,17,19,20). The van der Waals surface area contributed by atoms with Crippen molar-refractivity contribution in [1.29, 1.82) is 0 Å². The van der Waals surface area contributed by atoms with Crippen LogP contribution in [-0.4, -0.2) is 21.5 Å². The second-order valence-electron chi connectivity index (χ2n) is 4.66. The molecule has 0 fully saturated rings. The molecule has 106 valence electrons. The van der Waals surface area contributed by atoms with Crippen molar-refractivity contribution in [2.45, 2.75) is 33.6 Å². The zero-order chi connectivity index (χ0) is 14.5. The van der Waals surface area contributed by atoms with E-state index in [4.69, 9.17) is 4.98 Å². The van der Waals surface area contributed by atoms with Gasteiger partial charge in [-0.05, 0) is 60.6 Å². The molecule has 0 aliphatic rings. The van der Waals surface area contributed by atoms with Crippen LogP contribution in [0.1, 0.15) is 31.5 Å². The summed E-state index contributed by atoms with van der Waals surface area (Å²) in [6.45, 7) is 7.13. The van der Waals surface area contributed by atoms with Gasteiger partial charge >= 0.3 is 0 Å². The highest BCUT2D eigenvalue weighted by molar-refractivity contribution is 14.1. The molecule has 0 atom stereocenters. The molecule has 0 aliphatic carbocycles. The van der Waals surface area contributed by atoms with Crippen molar-refractivity contribution in [3.05, 3.63) is 33.2 Å². The van der Waals surface area contributed by atoms with Gasteiger partial charge in [0, 0.05) is 12.7 Å². The van der Waals surface area contributed by atoms with Crippen LogP contribution < -0.4 is 5.32 Å². The summed E-state index contributed by atoms with van der Waals surface area (Å²) in [6.07, 6.45) is 3.83. The molecular formula is C15H19IN4. The van der Waals surface area contributed by atoms with Crippen molar-refractivity contribution in [2.75, 3.05) is 11.9 Å². The van der Waals surface area contributed by atoms with E-state index in [2.05, 4.69) is 58.6 Å². The SMILES string of the molecule is CCCc1nc(-c2cc(C)ccn2)nc(NCC)c1I. The smallest absolute Gasteiger partial charge is 0.180 e. The van der Waals surface area contributed by atoms with Crippen LogP contribution in [0.3, 0.4) is 0 Å². The summed E-state index contributed by atoms with van der Waals surface area (Å²) in [6, 6.07) is 4.00. The van der Waals surface area contributed by atoms with E-state index in [9.17, 15) is 0 Å². The lowest BCUT2D eigenvalue weighted by molar-refractivity contribution is 0.865. The Kier molecular flexibility index (Phi) is 5.28. The number of nitrogens with one attached hydrogen (secondary N) is 1. The van der Waals surface area contributed by atoms with E-state index < -0.39 is 0 Å². The Labute approximate surface area is 133 Å². The molecule has 0 bridgehead atoms. The third kappa shape index (κ3) is 3.45. The summed E-state index contributed by atoms with van der Waals surface area (Å²) < 4.78 is 1.11. The fraction of sp³-hybridized carbons (Fsp3) is 0.400. The Morgan fingerprint density at radius 2 is 2.05 bits per heavy atom. The van der Waals surface area contributed by atoms with Gasteiger partial charge in [-0.15, -0.1) is 0 Å². The Bertz CT molecular complexity index is 571. The first-order valence-corrected chi connectivity index (χ1v) is 7.96. The monoisotopic (exact) mass is 382 g/mol. The number of aromatic nitrogens is 3. The first-order valence-electron chi connectivity index (χ1n) is 6.89. The molecule has 2 rings (SSSR count). The maximum absolute atomic E-state index is 4.70. The lowest BCUT2D eigenvalue weighted by Gasteiger charge is -2.11. The molecule has 2 aromatic rings. The molecule has 0 saturated carbocycles. The van der Waals surface area contributed by atoms with Crippen molar-refractivity contribution in [2.24, 2.45) is 0 Å². The topological polar surface area (TPSA) is 50.7 Å². The zero-order valence-electron chi connectivity index (χ0n) is 12.1. The first kappa shape index (κ1) is 15.2. The number of aryl methyl sites for hydroxylation is 2. The maximum atomic E-state index is 4.70. The minimum absolute atomic E-state index is 0.702. The normalized spacial score (nSPS) is 10.6. The summed E-state index contributed by atoms with van der Waals surface area (Å²) in [5.74, 6) is 1.61. The van der Waals surface area contributed by atoms with Gasteiger partial charge in [-0.25, -0.2) is 9.97 Å². The molecule has 0 saturated heterocycles. The van der Waals surface area contributed by atoms with E-state index in [0.29, 0.717) is 5.82 Å². The van der Waals surface area contributed by atoms with Gasteiger partial charge in [0.05, 0.1) is 9.26 Å². The zero-order valence-corrected chi connectivity index (χ0v) is 14.2. The van der Waals surface area contributed by atoms with Gasteiger partial charge in [0.25, 0.3) is 0 Å². The molecule has 0 radical (unpaired) electrons. The van der Waals surface area contributed by atoms with E-state index in [1.54, 1.807) is 6.20 Å². The van der Waals surface area contributed by atoms with Crippen molar-refractivity contribution >= 4 is 28.4 Å². The quantitative estimate of drug-likeness (QED) is 0.799. The van der Waals surface area contributed by atoms with Gasteiger partial charge in [-0.1, -0.05) is 13.3 Å². The summed E-state index contributed by atoms with van der Waals surface area (Å²) >= 11 is 2.32. The molecule has 0 aromatic carbocycles. The number of rotatable bonds is 5. The van der Waals surface area contributed by atoms with Crippen LogP contribution in [0.5, 0.6) is 0 Å². The van der Waals surface area contributed by atoms with E-state index in [0.717, 1.165) is 40.2 Å². The maximum Gasteiger partial charge on any atom is 0.180 e. The highest BCUT2D eigenvalue weighted by Gasteiger charge is 2.13. The Morgan fingerprint density at radius 1 is 1.25 bits per heavy atom. The van der Waals surface area contributed by atoms with Crippen LogP contribution in [0.15, 0.2) is 18.3 Å². The second-order valence-corrected chi connectivity index (χ2v) is 5.73. The molecule has 4 nitrogen and oxygen atoms in total. The van der Waals surface area contributed by atoms with E-state index in [-0.39, 0.29) is 0 Å². The molecule has 20 heavy (non-hydrogen) atoms. The van der Waals surface area contributed by atoms with Crippen LogP contribution in [0, 0.1) is 10.5 Å². The fourth-order valence-corrected chi connectivity index (χ4v) is 2.66. The lowest BCUT2D eigenvalue weighted by Crippen LogP contribution is -2.08. The summed E-state index contributed by atoms with van der Waals surface area (Å²) in [4.78, 5) is 13.7. The van der Waals surface area contributed by atoms with Gasteiger partial charge in [0.15, 0.2) is 5.82 Å². The second kappa shape index (κ2) is 6.97. The van der Waals surface area contributed by atoms with Crippen LogP contribution in [0.2, 0.25) is 0 Å². The van der Waals surface area contributed by atoms with Crippen molar-refractivity contribution in [3.8, 4) is 11.5 Å². The predicted molar refractivity (Wildman–Crippen MR) is 90.9 cm³/mol. The number of hydrogen-bond donors (Lipinski definition) is 1. The summed E-state index contributed by atoms with van der Waals surface area (Å²) in [5, 5.41) is 3.31. The van der Waals surface area contributed by atoms with E-state index >= 15 is 0 Å². The summed E-state index contributed by atoms with van der Waals surface area (Å²) in [5.41, 5.74) is 3.09. The number of nitrogens with zero attached hydrogens (tertiary/aromatic N) is 3. The Balaban J connectivity index is 2.52. The van der Waals surface area contributed by atoms with Crippen LogP contribution in [0.25, 0.3) is 11.5 Å². The van der Waals surface area contributed by atoms with Crippen molar-refractivity contribution in [3.63, 3.8) is 0 Å². The van der Waals surface area contributed by atoms with Crippen molar-refractivity contribution < 1.29 is 0 Å². The average Bonchev–Trinajstić information content (AvgIpc) is 2.43. The van der Waals surface area contributed by atoms with E-state index in [1.165, 1.54) is 5.56 Å². The number of halogens is 1. The minimum Gasteiger partial charge on any atom is -0.369 e. The molecule has 0 unspecified atom stereocenters. The number of hydrogen-bond acceptors (Lipinski definition) is 4. The van der Waals surface area contributed by atoms with Gasteiger partial charge in [-0.3, -0.25) is 4.98 Å². The number of pyridine rings is 1. The Morgan fingerprint density at radius 3 is 2.70 bits per heavy atom. The minimum atomic E-state index is 0.702. The molecular weight excluding hydrogens is 363 g/mol. The number of anilines is 1. The molecule has 2 heterocycles. The first-order chi connectivity index (χ1) is 9.65. The van der Waals surface area contributed by atoms with Crippen LogP contribution in [-0.2, 0) is 6.42 Å². The fourth-order valence-electron chi connectivity index (χ4n) is 1.95. The van der Waals surface area contributed by atoms with Crippen LogP contribution >= 0.6 is 22.6 Å². The molecule has 0 spiro atoms. The lowest BCUT2D eigenvalue weighted by atomic mass is 10.2. The molecule has 0 amide bonds. The third-order valence-electron chi connectivity index (χ3n) is 2.90. The molecule has 5 heteroatoms. The highest BCUT2D eigenvalue weighted by Crippen LogP contribution is 2.24. The highest BCUT2D eigenvalue weighted by atomic mass is 127. The van der Waals surface area contributed by atoms with Gasteiger partial charge in [0.2, 0.25) is 0 Å². The largest absolute Gasteiger partial charge is 0.369 e. The average molecular weight is 382 g/mol. The third-order valence-corrected chi connectivity index (χ3v) is 4.03. The molecule has 0 aliphatic heterocycles. The molecule has 2 aromatic heterocycles. The summed E-state index contributed by atoms with van der Waals surface area (Å²) in [7, 11) is 0. The van der Waals surface area contributed by atoms with E-state index in [1.807, 2.05) is 12.1 Å². The van der Waals surface area contributed by atoms with Crippen molar-refractivity contribution in [1.82, 2.24) is 15.0 Å². The van der Waals surface area contributed by atoms with Gasteiger partial charge in [-0.2, -0.15) is 0 Å².